The molecule has 0 aliphatic rings. The molecule has 0 amide bonds. The van der Waals surface area contributed by atoms with Gasteiger partial charge in [0.15, 0.2) is 11.3 Å². The van der Waals surface area contributed by atoms with Crippen molar-refractivity contribution in [3.8, 4) is 28.1 Å². The minimum Gasteiger partial charge on any atom is -0.489 e. The van der Waals surface area contributed by atoms with Crippen LogP contribution in [0, 0.1) is 0 Å². The Balaban J connectivity index is 1.50. The van der Waals surface area contributed by atoms with E-state index in [-0.39, 0.29) is 17.9 Å². The zero-order valence-corrected chi connectivity index (χ0v) is 19.4. The molecule has 35 heavy (non-hydrogen) atoms. The summed E-state index contributed by atoms with van der Waals surface area (Å²) in [6.07, 6.45) is -3.22. The van der Waals surface area contributed by atoms with Gasteiger partial charge in [0.05, 0.1) is 11.9 Å². The van der Waals surface area contributed by atoms with Gasteiger partial charge in [0.25, 0.3) is 0 Å². The number of fused-ring (bicyclic) bond motifs is 1. The Kier molecular flexibility index (Phi) is 6.13. The number of aromatic nitrogens is 3. The van der Waals surface area contributed by atoms with Gasteiger partial charge in [-0.3, -0.25) is 0 Å². The van der Waals surface area contributed by atoms with Crippen molar-refractivity contribution in [1.29, 1.82) is 0 Å². The van der Waals surface area contributed by atoms with E-state index >= 15 is 0 Å². The maximum atomic E-state index is 13.9. The van der Waals surface area contributed by atoms with Gasteiger partial charge >= 0.3 is 6.18 Å². The number of ether oxygens (including phenoxy) is 1. The third-order valence-corrected chi connectivity index (χ3v) is 6.15. The summed E-state index contributed by atoms with van der Waals surface area (Å²) in [6, 6.07) is 21.8. The summed E-state index contributed by atoms with van der Waals surface area (Å²) in [5.41, 5.74) is 1.76. The van der Waals surface area contributed by atoms with Crippen LogP contribution in [0.2, 0.25) is 10.0 Å². The molecule has 0 spiro atoms. The van der Waals surface area contributed by atoms with E-state index in [0.717, 1.165) is 16.1 Å². The molecule has 0 aliphatic heterocycles. The van der Waals surface area contributed by atoms with Gasteiger partial charge < -0.3 is 4.74 Å². The molecule has 9 heteroatoms. The molecule has 0 bridgehead atoms. The van der Waals surface area contributed by atoms with E-state index in [1.54, 1.807) is 54.6 Å². The molecule has 2 aromatic heterocycles. The van der Waals surface area contributed by atoms with Gasteiger partial charge in [-0.05, 0) is 48.0 Å². The van der Waals surface area contributed by atoms with Crippen LogP contribution in [0.1, 0.15) is 11.3 Å². The Bertz CT molecular complexity index is 1480. The largest absolute Gasteiger partial charge is 0.489 e. The van der Waals surface area contributed by atoms with Crippen molar-refractivity contribution in [3.05, 3.63) is 106 Å². The zero-order valence-electron chi connectivity index (χ0n) is 17.9. The van der Waals surface area contributed by atoms with Crippen LogP contribution in [-0.2, 0) is 12.8 Å². The molecular weight excluding hydrogens is 498 g/mol. The van der Waals surface area contributed by atoms with Gasteiger partial charge in [0.2, 0.25) is 0 Å². The van der Waals surface area contributed by atoms with Crippen molar-refractivity contribution >= 4 is 28.8 Å². The van der Waals surface area contributed by atoms with Crippen LogP contribution < -0.4 is 4.74 Å². The van der Waals surface area contributed by atoms with Crippen molar-refractivity contribution in [3.63, 3.8) is 0 Å². The van der Waals surface area contributed by atoms with Crippen molar-refractivity contribution in [1.82, 2.24) is 14.6 Å². The maximum absolute atomic E-state index is 13.9. The van der Waals surface area contributed by atoms with Crippen molar-refractivity contribution in [2.75, 3.05) is 0 Å². The lowest BCUT2D eigenvalue weighted by Crippen LogP contribution is -2.13. The van der Waals surface area contributed by atoms with Crippen LogP contribution >= 0.6 is 23.2 Å². The standard InChI is InChI=1S/C26H16Cl2F3N3O/c27-21-7-4-8-22(28)20(21)15-35-18-11-9-17(10-12-18)23-13-24(26(29,30)31)34-25(33-23)19(14-32-34)16-5-2-1-3-6-16/h1-14H,15H2. The average molecular weight is 514 g/mol. The van der Waals surface area contributed by atoms with Gasteiger partial charge in [0, 0.05) is 26.7 Å². The first kappa shape index (κ1) is 23.2. The number of nitrogens with zero attached hydrogens (tertiary/aromatic N) is 3. The van der Waals surface area contributed by atoms with Crippen LogP contribution in [0.15, 0.2) is 85.1 Å². The van der Waals surface area contributed by atoms with Crippen LogP contribution in [0.5, 0.6) is 5.75 Å². The summed E-state index contributed by atoms with van der Waals surface area (Å²) in [7, 11) is 0. The minimum absolute atomic E-state index is 0.120. The molecule has 0 aliphatic carbocycles. The molecule has 2 heterocycles. The second kappa shape index (κ2) is 9.24. The number of hydrogen-bond acceptors (Lipinski definition) is 3. The first-order chi connectivity index (χ1) is 16.8. The average Bonchev–Trinajstić information content (AvgIpc) is 3.27. The molecule has 0 unspecified atom stereocenters. The third kappa shape index (κ3) is 4.70. The van der Waals surface area contributed by atoms with Crippen LogP contribution in [0.25, 0.3) is 28.0 Å². The van der Waals surface area contributed by atoms with Crippen molar-refractivity contribution in [2.45, 2.75) is 12.8 Å². The maximum Gasteiger partial charge on any atom is 0.433 e. The molecule has 0 fully saturated rings. The summed E-state index contributed by atoms with van der Waals surface area (Å²) >= 11 is 12.4. The highest BCUT2D eigenvalue weighted by Gasteiger charge is 2.35. The van der Waals surface area contributed by atoms with E-state index in [1.165, 1.54) is 6.20 Å². The lowest BCUT2D eigenvalue weighted by atomic mass is 10.1. The summed E-state index contributed by atoms with van der Waals surface area (Å²) in [4.78, 5) is 4.53. The predicted octanol–water partition coefficient (Wildman–Crippen LogP) is 7.97. The fourth-order valence-corrected chi connectivity index (χ4v) is 4.19. The van der Waals surface area contributed by atoms with E-state index in [9.17, 15) is 13.2 Å². The molecule has 0 saturated carbocycles. The molecule has 0 atom stereocenters. The second-order valence-corrected chi connectivity index (χ2v) is 8.51. The third-order valence-electron chi connectivity index (χ3n) is 5.44. The number of rotatable bonds is 5. The van der Waals surface area contributed by atoms with Gasteiger partial charge in [-0.25, -0.2) is 9.50 Å². The minimum atomic E-state index is -4.62. The molecule has 0 N–H and O–H groups in total. The van der Waals surface area contributed by atoms with Crippen LogP contribution in [0.3, 0.4) is 0 Å². The SMILES string of the molecule is FC(F)(F)c1cc(-c2ccc(OCc3c(Cl)cccc3Cl)cc2)nc2c(-c3ccccc3)cnn12. The Morgan fingerprint density at radius 3 is 2.17 bits per heavy atom. The van der Waals surface area contributed by atoms with Gasteiger partial charge in [-0.1, -0.05) is 59.6 Å². The molecule has 4 nitrogen and oxygen atoms in total. The lowest BCUT2D eigenvalue weighted by Gasteiger charge is -2.13. The van der Waals surface area contributed by atoms with E-state index in [4.69, 9.17) is 27.9 Å². The zero-order chi connectivity index (χ0) is 24.6. The van der Waals surface area contributed by atoms with Gasteiger partial charge in [-0.2, -0.15) is 18.3 Å². The number of benzene rings is 3. The van der Waals surface area contributed by atoms with E-state index in [1.807, 2.05) is 18.2 Å². The molecule has 0 saturated heterocycles. The van der Waals surface area contributed by atoms with Crippen molar-refractivity contribution in [2.24, 2.45) is 0 Å². The predicted molar refractivity (Wildman–Crippen MR) is 130 cm³/mol. The molecule has 0 radical (unpaired) electrons. The fourth-order valence-electron chi connectivity index (χ4n) is 3.68. The van der Waals surface area contributed by atoms with E-state index < -0.39 is 11.9 Å². The Morgan fingerprint density at radius 1 is 0.829 bits per heavy atom. The summed E-state index contributed by atoms with van der Waals surface area (Å²) in [6.45, 7) is 0.149. The van der Waals surface area contributed by atoms with Gasteiger partial charge in [-0.15, -0.1) is 0 Å². The van der Waals surface area contributed by atoms with Crippen LogP contribution in [0.4, 0.5) is 13.2 Å². The quantitative estimate of drug-likeness (QED) is 0.239. The molecular formula is C26H16Cl2F3N3O. The first-order valence-corrected chi connectivity index (χ1v) is 11.2. The highest BCUT2D eigenvalue weighted by Crippen LogP contribution is 2.35. The smallest absolute Gasteiger partial charge is 0.433 e. The number of halogens is 5. The molecule has 5 rings (SSSR count). The van der Waals surface area contributed by atoms with Gasteiger partial charge in [0.1, 0.15) is 12.4 Å². The molecule has 3 aromatic carbocycles. The molecule has 5 aromatic rings. The Labute approximate surface area is 208 Å². The number of alkyl halides is 3. The summed E-state index contributed by atoms with van der Waals surface area (Å²) < 4.78 is 48.3. The summed E-state index contributed by atoms with van der Waals surface area (Å²) in [5.74, 6) is 0.510. The Morgan fingerprint density at radius 2 is 1.51 bits per heavy atom. The highest BCUT2D eigenvalue weighted by atomic mass is 35.5. The topological polar surface area (TPSA) is 39.4 Å². The fraction of sp³-hybridized carbons (Fsp3) is 0.0769. The lowest BCUT2D eigenvalue weighted by molar-refractivity contribution is -0.142. The second-order valence-electron chi connectivity index (χ2n) is 7.70. The summed E-state index contributed by atoms with van der Waals surface area (Å²) in [5, 5.41) is 4.94. The number of hydrogen-bond donors (Lipinski definition) is 0. The first-order valence-electron chi connectivity index (χ1n) is 10.5. The Hall–Kier alpha value is -3.55. The molecule has 176 valence electrons. The van der Waals surface area contributed by atoms with E-state index in [2.05, 4.69) is 10.1 Å². The van der Waals surface area contributed by atoms with E-state index in [0.29, 0.717) is 32.5 Å². The normalized spacial score (nSPS) is 11.7. The van der Waals surface area contributed by atoms with Crippen LogP contribution in [-0.4, -0.2) is 14.6 Å². The van der Waals surface area contributed by atoms with Crippen molar-refractivity contribution < 1.29 is 17.9 Å². The highest BCUT2D eigenvalue weighted by molar-refractivity contribution is 6.35. The monoisotopic (exact) mass is 513 g/mol.